The van der Waals surface area contributed by atoms with Crippen molar-refractivity contribution in [2.24, 2.45) is 0 Å². The van der Waals surface area contributed by atoms with Gasteiger partial charge in [-0.15, -0.1) is 0 Å². The molecule has 7 nitrogen and oxygen atoms in total. The molecule has 0 bridgehead atoms. The molecule has 3 aromatic rings. The summed E-state index contributed by atoms with van der Waals surface area (Å²) in [4.78, 5) is 42.3. The number of fused-ring (bicyclic) bond motifs is 1. The SMILES string of the molecule is O=C(Nc1ccccc1)Nc1cccc(N2C(=O)c3cccnc3C2=O)c1. The Balaban J connectivity index is 1.54. The molecule has 0 saturated heterocycles. The molecule has 1 aliphatic heterocycles. The Morgan fingerprint density at radius 1 is 0.815 bits per heavy atom. The van der Waals surface area contributed by atoms with Crippen LogP contribution in [0.4, 0.5) is 21.9 Å². The number of carbonyl (C=O) groups excluding carboxylic acids is 3. The average molecular weight is 358 g/mol. The lowest BCUT2D eigenvalue weighted by Gasteiger charge is -2.15. The summed E-state index contributed by atoms with van der Waals surface area (Å²) in [5, 5.41) is 5.39. The second kappa shape index (κ2) is 6.72. The highest BCUT2D eigenvalue weighted by molar-refractivity contribution is 6.33. The lowest BCUT2D eigenvalue weighted by molar-refractivity contribution is 0.0924. The van der Waals surface area contributed by atoms with E-state index >= 15 is 0 Å². The molecule has 4 amide bonds. The van der Waals surface area contributed by atoms with Gasteiger partial charge in [0.1, 0.15) is 5.69 Å². The monoisotopic (exact) mass is 358 g/mol. The number of urea groups is 1. The van der Waals surface area contributed by atoms with E-state index in [0.717, 1.165) is 4.90 Å². The first-order valence-electron chi connectivity index (χ1n) is 8.20. The number of aromatic nitrogens is 1. The zero-order valence-corrected chi connectivity index (χ0v) is 14.0. The van der Waals surface area contributed by atoms with Crippen molar-refractivity contribution >= 4 is 34.9 Å². The van der Waals surface area contributed by atoms with Gasteiger partial charge < -0.3 is 10.6 Å². The van der Waals surface area contributed by atoms with Gasteiger partial charge in [-0.05, 0) is 42.5 Å². The van der Waals surface area contributed by atoms with Gasteiger partial charge in [0.25, 0.3) is 11.8 Å². The van der Waals surface area contributed by atoms with E-state index in [-0.39, 0.29) is 11.3 Å². The van der Waals surface area contributed by atoms with Gasteiger partial charge in [0, 0.05) is 17.6 Å². The van der Waals surface area contributed by atoms with E-state index in [1.54, 1.807) is 48.5 Å². The molecule has 0 unspecified atom stereocenters. The Hall–Kier alpha value is -4.00. The van der Waals surface area contributed by atoms with Gasteiger partial charge >= 0.3 is 6.03 Å². The van der Waals surface area contributed by atoms with Gasteiger partial charge in [0.2, 0.25) is 0 Å². The van der Waals surface area contributed by atoms with Crippen LogP contribution in [0.2, 0.25) is 0 Å². The second-order valence-corrected chi connectivity index (χ2v) is 5.84. The molecule has 7 heteroatoms. The number of carbonyl (C=O) groups is 3. The summed E-state index contributed by atoms with van der Waals surface area (Å²) in [7, 11) is 0. The quantitative estimate of drug-likeness (QED) is 0.701. The highest BCUT2D eigenvalue weighted by atomic mass is 16.2. The number of nitrogens with zero attached hydrogens (tertiary/aromatic N) is 2. The average Bonchev–Trinajstić information content (AvgIpc) is 2.94. The van der Waals surface area contributed by atoms with Crippen molar-refractivity contribution in [3.05, 3.63) is 84.2 Å². The largest absolute Gasteiger partial charge is 0.323 e. The van der Waals surface area contributed by atoms with Gasteiger partial charge in [0.15, 0.2) is 0 Å². The molecular formula is C20H14N4O3. The molecule has 0 saturated carbocycles. The van der Waals surface area contributed by atoms with Crippen molar-refractivity contribution in [3.63, 3.8) is 0 Å². The van der Waals surface area contributed by atoms with Crippen LogP contribution in [0.5, 0.6) is 0 Å². The van der Waals surface area contributed by atoms with Crippen LogP contribution in [-0.4, -0.2) is 22.8 Å². The molecule has 1 aliphatic rings. The number of hydrogen-bond acceptors (Lipinski definition) is 4. The van der Waals surface area contributed by atoms with E-state index in [2.05, 4.69) is 15.6 Å². The maximum Gasteiger partial charge on any atom is 0.323 e. The van der Waals surface area contributed by atoms with Gasteiger partial charge in [-0.2, -0.15) is 0 Å². The Labute approximate surface area is 154 Å². The fourth-order valence-corrected chi connectivity index (χ4v) is 2.84. The van der Waals surface area contributed by atoms with Crippen molar-refractivity contribution < 1.29 is 14.4 Å². The molecule has 0 radical (unpaired) electrons. The Kier molecular flexibility index (Phi) is 4.10. The van der Waals surface area contributed by atoms with Gasteiger partial charge in [-0.3, -0.25) is 14.6 Å². The molecule has 132 valence electrons. The van der Waals surface area contributed by atoms with Crippen LogP contribution in [0.1, 0.15) is 20.8 Å². The van der Waals surface area contributed by atoms with Crippen molar-refractivity contribution in [3.8, 4) is 0 Å². The second-order valence-electron chi connectivity index (χ2n) is 5.84. The number of nitrogens with one attached hydrogen (secondary N) is 2. The van der Waals surface area contributed by atoms with Gasteiger partial charge in [0.05, 0.1) is 11.3 Å². The third-order valence-electron chi connectivity index (χ3n) is 4.04. The van der Waals surface area contributed by atoms with Crippen molar-refractivity contribution in [2.75, 3.05) is 15.5 Å². The third-order valence-corrected chi connectivity index (χ3v) is 4.04. The highest BCUT2D eigenvalue weighted by Gasteiger charge is 2.37. The molecule has 2 N–H and O–H groups in total. The van der Waals surface area contributed by atoms with Crippen molar-refractivity contribution in [2.45, 2.75) is 0 Å². The summed E-state index contributed by atoms with van der Waals surface area (Å²) >= 11 is 0. The van der Waals surface area contributed by atoms with Gasteiger partial charge in [-0.25, -0.2) is 9.69 Å². The van der Waals surface area contributed by atoms with E-state index in [1.807, 2.05) is 18.2 Å². The Morgan fingerprint density at radius 2 is 1.56 bits per heavy atom. The van der Waals surface area contributed by atoms with Crippen LogP contribution in [-0.2, 0) is 0 Å². The predicted molar refractivity (Wildman–Crippen MR) is 101 cm³/mol. The minimum Gasteiger partial charge on any atom is -0.308 e. The summed E-state index contributed by atoms with van der Waals surface area (Å²) in [6.07, 6.45) is 1.47. The number of hydrogen-bond donors (Lipinski definition) is 2. The minimum atomic E-state index is -0.485. The van der Waals surface area contributed by atoms with Crippen LogP contribution in [0, 0.1) is 0 Å². The molecule has 0 aliphatic carbocycles. The molecular weight excluding hydrogens is 344 g/mol. The van der Waals surface area contributed by atoms with Crippen LogP contribution in [0.3, 0.4) is 0 Å². The van der Waals surface area contributed by atoms with E-state index in [0.29, 0.717) is 17.1 Å². The Morgan fingerprint density at radius 3 is 2.33 bits per heavy atom. The number of benzene rings is 2. The summed E-state index contributed by atoms with van der Waals surface area (Å²) in [6.45, 7) is 0. The molecule has 2 aromatic carbocycles. The minimum absolute atomic E-state index is 0.127. The normalized spacial score (nSPS) is 12.7. The molecule has 0 atom stereocenters. The molecule has 0 fully saturated rings. The maximum atomic E-state index is 12.5. The van der Waals surface area contributed by atoms with Crippen LogP contribution >= 0.6 is 0 Å². The fraction of sp³-hybridized carbons (Fsp3) is 0. The standard InChI is InChI=1S/C20H14N4O3/c25-18-16-10-5-11-21-17(16)19(26)24(18)15-9-4-8-14(12-15)23-20(27)22-13-6-2-1-3-7-13/h1-12H,(H2,22,23,27). The first kappa shape index (κ1) is 16.5. The topological polar surface area (TPSA) is 91.4 Å². The van der Waals surface area contributed by atoms with E-state index in [4.69, 9.17) is 0 Å². The summed E-state index contributed by atoms with van der Waals surface area (Å²) in [5.74, 6) is -0.921. The van der Waals surface area contributed by atoms with E-state index < -0.39 is 17.8 Å². The number of anilines is 3. The number of para-hydroxylation sites is 1. The smallest absolute Gasteiger partial charge is 0.308 e. The fourth-order valence-electron chi connectivity index (χ4n) is 2.84. The van der Waals surface area contributed by atoms with Crippen molar-refractivity contribution in [1.29, 1.82) is 0 Å². The lowest BCUT2D eigenvalue weighted by Crippen LogP contribution is -2.29. The molecule has 2 heterocycles. The summed E-state index contributed by atoms with van der Waals surface area (Å²) < 4.78 is 0. The Bertz CT molecular complexity index is 1010. The third kappa shape index (κ3) is 3.13. The number of imide groups is 1. The van der Waals surface area contributed by atoms with Gasteiger partial charge in [-0.1, -0.05) is 24.3 Å². The first-order valence-corrected chi connectivity index (χ1v) is 8.20. The van der Waals surface area contributed by atoms with E-state index in [1.165, 1.54) is 6.20 Å². The van der Waals surface area contributed by atoms with Crippen molar-refractivity contribution in [1.82, 2.24) is 4.98 Å². The molecule has 1 aromatic heterocycles. The van der Waals surface area contributed by atoms with E-state index in [9.17, 15) is 14.4 Å². The maximum absolute atomic E-state index is 12.5. The number of amides is 4. The van der Waals surface area contributed by atoms with Crippen LogP contribution in [0.15, 0.2) is 72.9 Å². The molecule has 4 rings (SSSR count). The van der Waals surface area contributed by atoms with Crippen LogP contribution in [0.25, 0.3) is 0 Å². The number of rotatable bonds is 3. The number of pyridine rings is 1. The lowest BCUT2D eigenvalue weighted by atomic mass is 10.2. The highest BCUT2D eigenvalue weighted by Crippen LogP contribution is 2.28. The summed E-state index contributed by atoms with van der Waals surface area (Å²) in [5.41, 5.74) is 1.86. The predicted octanol–water partition coefficient (Wildman–Crippen LogP) is 3.53. The zero-order valence-electron chi connectivity index (χ0n) is 14.0. The molecule has 0 spiro atoms. The van der Waals surface area contributed by atoms with Crippen LogP contribution < -0.4 is 15.5 Å². The zero-order chi connectivity index (χ0) is 18.8. The molecule has 27 heavy (non-hydrogen) atoms. The summed E-state index contributed by atoms with van der Waals surface area (Å²) in [6, 6.07) is 18.3. The first-order chi connectivity index (χ1) is 13.1.